The van der Waals surface area contributed by atoms with Crippen LogP contribution >= 0.6 is 0 Å². The summed E-state index contributed by atoms with van der Waals surface area (Å²) in [5.41, 5.74) is 0.855. The van der Waals surface area contributed by atoms with Gasteiger partial charge in [-0.05, 0) is 12.5 Å². The summed E-state index contributed by atoms with van der Waals surface area (Å²) in [7, 11) is 0. The fraction of sp³-hybridized carbons (Fsp3) is 0.231. The van der Waals surface area contributed by atoms with E-state index >= 15 is 0 Å². The number of hydrogen-bond acceptors (Lipinski definition) is 1. The van der Waals surface area contributed by atoms with Gasteiger partial charge in [-0.1, -0.05) is 48.4 Å². The maximum atomic E-state index is 9.92. The van der Waals surface area contributed by atoms with Gasteiger partial charge in [-0.15, -0.1) is 6.42 Å². The third-order valence-electron chi connectivity index (χ3n) is 2.07. The second-order valence-electron chi connectivity index (χ2n) is 3.07. The molecule has 0 spiro atoms. The molecule has 0 saturated carbocycles. The van der Waals surface area contributed by atoms with Crippen LogP contribution in [0.2, 0.25) is 0 Å². The minimum Gasteiger partial charge on any atom is -0.387 e. The predicted molar refractivity (Wildman–Crippen MR) is 58.5 cm³/mol. The zero-order valence-corrected chi connectivity index (χ0v) is 8.22. The van der Waals surface area contributed by atoms with Crippen molar-refractivity contribution in [2.24, 2.45) is 5.92 Å². The molecule has 0 bridgehead atoms. The molecule has 0 radical (unpaired) electrons. The van der Waals surface area contributed by atoms with Crippen molar-refractivity contribution < 1.29 is 5.11 Å². The summed E-state index contributed by atoms with van der Waals surface area (Å²) in [4.78, 5) is 0. The second-order valence-corrected chi connectivity index (χ2v) is 3.07. The van der Waals surface area contributed by atoms with Gasteiger partial charge in [0.05, 0.1) is 12.0 Å². The van der Waals surface area contributed by atoms with Crippen molar-refractivity contribution in [1.82, 2.24) is 0 Å². The topological polar surface area (TPSA) is 20.2 Å². The highest BCUT2D eigenvalue weighted by Crippen LogP contribution is 2.22. The Morgan fingerprint density at radius 2 is 2.00 bits per heavy atom. The van der Waals surface area contributed by atoms with Gasteiger partial charge in [0.25, 0.3) is 0 Å². The lowest BCUT2D eigenvalue weighted by molar-refractivity contribution is 0.155. The molecule has 0 aliphatic carbocycles. The highest BCUT2D eigenvalue weighted by molar-refractivity contribution is 5.22. The van der Waals surface area contributed by atoms with Crippen LogP contribution in [0.15, 0.2) is 42.5 Å². The Morgan fingerprint density at radius 1 is 1.36 bits per heavy atom. The van der Waals surface area contributed by atoms with E-state index in [0.717, 1.165) is 5.56 Å². The first-order valence-corrected chi connectivity index (χ1v) is 4.61. The van der Waals surface area contributed by atoms with E-state index in [4.69, 9.17) is 6.42 Å². The lowest BCUT2D eigenvalue weighted by Crippen LogP contribution is -2.07. The fourth-order valence-electron chi connectivity index (χ4n) is 1.32. The van der Waals surface area contributed by atoms with Crippen LogP contribution in [0.25, 0.3) is 0 Å². The van der Waals surface area contributed by atoms with Gasteiger partial charge in [-0.25, -0.2) is 0 Å². The van der Waals surface area contributed by atoms with Crippen LogP contribution in [0.3, 0.4) is 0 Å². The van der Waals surface area contributed by atoms with E-state index in [0.29, 0.717) is 0 Å². The lowest BCUT2D eigenvalue weighted by atomic mass is 9.96. The average molecular weight is 186 g/mol. The van der Waals surface area contributed by atoms with Crippen LogP contribution in [0.1, 0.15) is 18.6 Å². The van der Waals surface area contributed by atoms with Gasteiger partial charge >= 0.3 is 0 Å². The Labute approximate surface area is 85.1 Å². The van der Waals surface area contributed by atoms with Gasteiger partial charge in [0.1, 0.15) is 0 Å². The average Bonchev–Trinajstić information content (AvgIpc) is 2.26. The summed E-state index contributed by atoms with van der Waals surface area (Å²) in [6.45, 7) is 1.89. The van der Waals surface area contributed by atoms with Crippen LogP contribution in [0, 0.1) is 18.3 Å². The molecule has 0 aliphatic rings. The van der Waals surface area contributed by atoms with Crippen LogP contribution < -0.4 is 0 Å². The third-order valence-corrected chi connectivity index (χ3v) is 2.07. The Hall–Kier alpha value is -1.52. The molecule has 1 heteroatoms. The van der Waals surface area contributed by atoms with Crippen molar-refractivity contribution in [3.63, 3.8) is 0 Å². The van der Waals surface area contributed by atoms with E-state index in [1.165, 1.54) is 0 Å². The first-order chi connectivity index (χ1) is 6.79. The van der Waals surface area contributed by atoms with Crippen LogP contribution in [0.5, 0.6) is 0 Å². The number of benzene rings is 1. The zero-order chi connectivity index (χ0) is 10.4. The van der Waals surface area contributed by atoms with Crippen molar-refractivity contribution >= 4 is 0 Å². The molecule has 0 aliphatic heterocycles. The van der Waals surface area contributed by atoms with Gasteiger partial charge in [-0.3, -0.25) is 0 Å². The van der Waals surface area contributed by atoms with E-state index < -0.39 is 6.10 Å². The van der Waals surface area contributed by atoms with E-state index in [1.54, 1.807) is 0 Å². The molecule has 14 heavy (non-hydrogen) atoms. The van der Waals surface area contributed by atoms with Crippen molar-refractivity contribution in [2.75, 3.05) is 0 Å². The minimum atomic E-state index is -0.614. The molecule has 1 aromatic carbocycles. The summed E-state index contributed by atoms with van der Waals surface area (Å²) in [6.07, 6.45) is 8.41. The summed E-state index contributed by atoms with van der Waals surface area (Å²) >= 11 is 0. The lowest BCUT2D eigenvalue weighted by Gasteiger charge is -2.14. The molecule has 0 saturated heterocycles. The Bertz CT molecular complexity index is 332. The number of terminal acetylenes is 1. The predicted octanol–water partition coefficient (Wildman–Crippen LogP) is 2.55. The van der Waals surface area contributed by atoms with Gasteiger partial charge in [0.2, 0.25) is 0 Å². The number of aliphatic hydroxyl groups is 1. The molecule has 0 amide bonds. The summed E-state index contributed by atoms with van der Waals surface area (Å²) in [6, 6.07) is 9.44. The molecule has 0 fully saturated rings. The number of allylic oxidation sites excluding steroid dienone is 1. The number of aliphatic hydroxyl groups excluding tert-OH is 1. The molecular weight excluding hydrogens is 172 g/mol. The zero-order valence-electron chi connectivity index (χ0n) is 8.22. The highest BCUT2D eigenvalue weighted by Gasteiger charge is 2.14. The van der Waals surface area contributed by atoms with Crippen molar-refractivity contribution in [3.8, 4) is 12.3 Å². The molecule has 0 heterocycles. The first kappa shape index (κ1) is 10.6. The van der Waals surface area contributed by atoms with Gasteiger partial charge < -0.3 is 5.11 Å². The molecular formula is C13H14O. The molecule has 2 unspecified atom stereocenters. The normalized spacial score (nSPS) is 14.9. The summed E-state index contributed by atoms with van der Waals surface area (Å²) < 4.78 is 0. The monoisotopic (exact) mass is 186 g/mol. The molecule has 1 N–H and O–H groups in total. The molecule has 72 valence electrons. The Balaban J connectivity index is 2.84. The quantitative estimate of drug-likeness (QED) is 0.568. The first-order valence-electron chi connectivity index (χ1n) is 4.61. The minimum absolute atomic E-state index is 0.248. The van der Waals surface area contributed by atoms with E-state index in [2.05, 4.69) is 5.92 Å². The molecule has 2 atom stereocenters. The fourth-order valence-corrected chi connectivity index (χ4v) is 1.32. The SMILES string of the molecule is C#CC(/C=C/C)C(O)c1ccccc1. The van der Waals surface area contributed by atoms with Gasteiger partial charge in [-0.2, -0.15) is 0 Å². The molecule has 1 nitrogen and oxygen atoms in total. The smallest absolute Gasteiger partial charge is 0.0962 e. The standard InChI is InChI=1S/C13H14O/c1-3-8-11(4-2)13(14)12-9-6-5-7-10-12/h2-3,5-11,13-14H,1H3/b8-3+. The highest BCUT2D eigenvalue weighted by atomic mass is 16.3. The largest absolute Gasteiger partial charge is 0.387 e. The Kier molecular flexibility index (Phi) is 3.97. The van der Waals surface area contributed by atoms with E-state index in [-0.39, 0.29) is 5.92 Å². The van der Waals surface area contributed by atoms with Crippen LogP contribution in [-0.2, 0) is 0 Å². The maximum absolute atomic E-state index is 9.92. The van der Waals surface area contributed by atoms with Gasteiger partial charge in [0.15, 0.2) is 0 Å². The van der Waals surface area contributed by atoms with Crippen LogP contribution in [-0.4, -0.2) is 5.11 Å². The molecule has 1 aromatic rings. The third kappa shape index (κ3) is 2.48. The number of hydrogen-bond donors (Lipinski definition) is 1. The maximum Gasteiger partial charge on any atom is 0.0962 e. The van der Waals surface area contributed by atoms with Gasteiger partial charge in [0, 0.05) is 0 Å². The van der Waals surface area contributed by atoms with E-state index in [1.807, 2.05) is 49.4 Å². The van der Waals surface area contributed by atoms with Crippen molar-refractivity contribution in [1.29, 1.82) is 0 Å². The van der Waals surface area contributed by atoms with Crippen LogP contribution in [0.4, 0.5) is 0 Å². The van der Waals surface area contributed by atoms with E-state index in [9.17, 15) is 5.11 Å². The molecule has 0 aromatic heterocycles. The number of rotatable bonds is 3. The summed E-state index contributed by atoms with van der Waals surface area (Å²) in [5, 5.41) is 9.92. The van der Waals surface area contributed by atoms with Crippen molar-refractivity contribution in [2.45, 2.75) is 13.0 Å². The van der Waals surface area contributed by atoms with Crippen molar-refractivity contribution in [3.05, 3.63) is 48.0 Å². The Morgan fingerprint density at radius 3 is 2.50 bits per heavy atom. The molecule has 1 rings (SSSR count). The second kappa shape index (κ2) is 5.26. The summed E-state index contributed by atoms with van der Waals surface area (Å²) in [5.74, 6) is 2.32.